The van der Waals surface area contributed by atoms with Crippen LogP contribution in [0, 0.1) is 20.8 Å². The van der Waals surface area contributed by atoms with Crippen LogP contribution in [0.5, 0.6) is 0 Å². The van der Waals surface area contributed by atoms with E-state index in [-0.39, 0.29) is 5.91 Å². The van der Waals surface area contributed by atoms with Gasteiger partial charge in [0.15, 0.2) is 0 Å². The first-order chi connectivity index (χ1) is 10.9. The Hall–Kier alpha value is -2.15. The molecule has 0 saturated carbocycles. The Kier molecular flexibility index (Phi) is 5.20. The van der Waals surface area contributed by atoms with Crippen molar-refractivity contribution in [3.8, 4) is 0 Å². The number of anilines is 1. The quantitative estimate of drug-likeness (QED) is 0.851. The topological polar surface area (TPSA) is 73.2 Å². The van der Waals surface area contributed by atoms with Crippen molar-refractivity contribution in [1.82, 2.24) is 9.78 Å². The summed E-state index contributed by atoms with van der Waals surface area (Å²) in [6.45, 7) is 9.48. The van der Waals surface area contributed by atoms with E-state index < -0.39 is 12.0 Å². The van der Waals surface area contributed by atoms with E-state index in [1.54, 1.807) is 24.7 Å². The molecule has 0 fully saturated rings. The van der Waals surface area contributed by atoms with Crippen LogP contribution in [0.2, 0.25) is 0 Å². The van der Waals surface area contributed by atoms with Crippen molar-refractivity contribution in [2.45, 2.75) is 40.7 Å². The lowest BCUT2D eigenvalue weighted by Gasteiger charge is -2.14. The van der Waals surface area contributed by atoms with Gasteiger partial charge < -0.3 is 10.1 Å². The molecule has 0 aliphatic heterocycles. The largest absolute Gasteiger partial charge is 0.462 e. The maximum absolute atomic E-state index is 12.5. The molecule has 1 N–H and O–H groups in total. The van der Waals surface area contributed by atoms with Gasteiger partial charge >= 0.3 is 5.97 Å². The van der Waals surface area contributed by atoms with Crippen LogP contribution in [0.1, 0.15) is 46.4 Å². The smallest absolute Gasteiger partial charge is 0.341 e. The van der Waals surface area contributed by atoms with Crippen molar-refractivity contribution in [3.63, 3.8) is 0 Å². The van der Waals surface area contributed by atoms with Crippen LogP contribution in [0.4, 0.5) is 5.00 Å². The number of amides is 1. The fourth-order valence-electron chi connectivity index (χ4n) is 2.28. The number of thiophene rings is 1. The number of carbonyl (C=O) groups excluding carboxylic acids is 2. The summed E-state index contributed by atoms with van der Waals surface area (Å²) in [5.41, 5.74) is 2.18. The van der Waals surface area contributed by atoms with E-state index in [1.165, 1.54) is 11.3 Å². The van der Waals surface area contributed by atoms with E-state index in [0.29, 0.717) is 17.2 Å². The molecule has 1 atom stereocenters. The molecule has 1 amide bonds. The van der Waals surface area contributed by atoms with Gasteiger partial charge in [0.2, 0.25) is 5.91 Å². The fraction of sp³-hybridized carbons (Fsp3) is 0.438. The minimum Gasteiger partial charge on any atom is -0.462 e. The van der Waals surface area contributed by atoms with Crippen LogP contribution >= 0.6 is 11.3 Å². The van der Waals surface area contributed by atoms with E-state index in [0.717, 1.165) is 16.1 Å². The zero-order valence-electron chi connectivity index (χ0n) is 14.0. The predicted octanol–water partition coefficient (Wildman–Crippen LogP) is 3.25. The van der Waals surface area contributed by atoms with Crippen molar-refractivity contribution in [3.05, 3.63) is 34.0 Å². The van der Waals surface area contributed by atoms with E-state index >= 15 is 0 Å². The Labute approximate surface area is 139 Å². The second-order valence-electron chi connectivity index (χ2n) is 5.29. The Morgan fingerprint density at radius 2 is 2.09 bits per heavy atom. The van der Waals surface area contributed by atoms with Crippen LogP contribution in [0.15, 0.2) is 12.3 Å². The summed E-state index contributed by atoms with van der Waals surface area (Å²) in [6.07, 6.45) is 1.66. The second-order valence-corrected chi connectivity index (χ2v) is 6.51. The lowest BCUT2D eigenvalue weighted by atomic mass is 10.1. The van der Waals surface area contributed by atoms with Crippen molar-refractivity contribution in [2.75, 3.05) is 11.9 Å². The van der Waals surface area contributed by atoms with Crippen LogP contribution in [-0.2, 0) is 9.53 Å². The van der Waals surface area contributed by atoms with Gasteiger partial charge in [-0.05, 0) is 46.2 Å². The maximum Gasteiger partial charge on any atom is 0.341 e. The van der Waals surface area contributed by atoms with Crippen molar-refractivity contribution < 1.29 is 14.3 Å². The number of aryl methyl sites for hydroxylation is 2. The number of esters is 1. The summed E-state index contributed by atoms with van der Waals surface area (Å²) < 4.78 is 6.74. The van der Waals surface area contributed by atoms with E-state index in [2.05, 4.69) is 10.4 Å². The van der Waals surface area contributed by atoms with Gasteiger partial charge in [-0.2, -0.15) is 5.10 Å². The third kappa shape index (κ3) is 3.44. The number of ether oxygens (including phenoxy) is 1. The van der Waals surface area contributed by atoms with E-state index in [1.807, 2.05) is 26.8 Å². The Morgan fingerprint density at radius 3 is 2.65 bits per heavy atom. The average molecular weight is 335 g/mol. The second kappa shape index (κ2) is 6.95. The molecule has 0 bridgehead atoms. The molecule has 0 spiro atoms. The molecule has 2 aromatic heterocycles. The monoisotopic (exact) mass is 335 g/mol. The number of hydrogen-bond donors (Lipinski definition) is 1. The van der Waals surface area contributed by atoms with Gasteiger partial charge in [-0.15, -0.1) is 11.3 Å². The average Bonchev–Trinajstić information content (AvgIpc) is 3.03. The first-order valence-electron chi connectivity index (χ1n) is 7.44. The number of aromatic nitrogens is 2. The number of rotatable bonds is 5. The summed E-state index contributed by atoms with van der Waals surface area (Å²) >= 11 is 1.38. The molecule has 124 valence electrons. The molecular weight excluding hydrogens is 314 g/mol. The highest BCUT2D eigenvalue weighted by Gasteiger charge is 2.24. The number of nitrogens with zero attached hydrogens (tertiary/aromatic N) is 2. The Balaban J connectivity index is 2.26. The first kappa shape index (κ1) is 17.2. The highest BCUT2D eigenvalue weighted by molar-refractivity contribution is 7.16. The van der Waals surface area contributed by atoms with Gasteiger partial charge in [-0.1, -0.05) is 0 Å². The molecule has 2 rings (SSSR count). The van der Waals surface area contributed by atoms with Crippen molar-refractivity contribution >= 4 is 28.2 Å². The molecule has 0 aliphatic carbocycles. The van der Waals surface area contributed by atoms with Crippen LogP contribution in [0.3, 0.4) is 0 Å². The third-order valence-electron chi connectivity index (χ3n) is 3.72. The maximum atomic E-state index is 12.5. The molecule has 0 radical (unpaired) electrons. The zero-order valence-corrected chi connectivity index (χ0v) is 14.8. The summed E-state index contributed by atoms with van der Waals surface area (Å²) in [5.74, 6) is -0.629. The van der Waals surface area contributed by atoms with Gasteiger partial charge in [0.25, 0.3) is 0 Å². The lowest BCUT2D eigenvalue weighted by molar-refractivity contribution is -0.119. The van der Waals surface area contributed by atoms with Gasteiger partial charge in [0, 0.05) is 16.8 Å². The van der Waals surface area contributed by atoms with Crippen LogP contribution in [0.25, 0.3) is 0 Å². The molecule has 2 heterocycles. The molecule has 0 aromatic carbocycles. The highest BCUT2D eigenvalue weighted by atomic mass is 32.1. The summed E-state index contributed by atoms with van der Waals surface area (Å²) in [5, 5.41) is 7.53. The van der Waals surface area contributed by atoms with Gasteiger partial charge in [0.1, 0.15) is 11.0 Å². The summed E-state index contributed by atoms with van der Waals surface area (Å²) in [4.78, 5) is 25.6. The van der Waals surface area contributed by atoms with Crippen LogP contribution in [-0.4, -0.2) is 28.3 Å². The zero-order chi connectivity index (χ0) is 17.1. The van der Waals surface area contributed by atoms with Crippen molar-refractivity contribution in [1.29, 1.82) is 0 Å². The van der Waals surface area contributed by atoms with Crippen molar-refractivity contribution in [2.24, 2.45) is 0 Å². The normalized spacial score (nSPS) is 12.0. The number of nitrogens with one attached hydrogen (secondary N) is 1. The highest BCUT2D eigenvalue weighted by Crippen LogP contribution is 2.33. The van der Waals surface area contributed by atoms with Crippen LogP contribution < -0.4 is 5.32 Å². The van der Waals surface area contributed by atoms with Gasteiger partial charge in [0.05, 0.1) is 12.2 Å². The van der Waals surface area contributed by atoms with E-state index in [4.69, 9.17) is 4.74 Å². The standard InChI is InChI=1S/C16H21N3O3S/c1-6-22-16(21)13-10(3)12(5)23-15(13)18-14(20)11(4)19-9(2)7-8-17-19/h7-8,11H,6H2,1-5H3,(H,18,20). The van der Waals surface area contributed by atoms with Gasteiger partial charge in [-0.25, -0.2) is 4.79 Å². The number of hydrogen-bond acceptors (Lipinski definition) is 5. The first-order valence-corrected chi connectivity index (χ1v) is 8.26. The predicted molar refractivity (Wildman–Crippen MR) is 90.1 cm³/mol. The molecule has 7 heteroatoms. The molecule has 6 nitrogen and oxygen atoms in total. The summed E-state index contributed by atoms with van der Waals surface area (Å²) in [7, 11) is 0. The minimum absolute atomic E-state index is 0.219. The minimum atomic E-state index is -0.470. The van der Waals surface area contributed by atoms with E-state index in [9.17, 15) is 9.59 Å². The Bertz CT molecular complexity index is 733. The molecule has 0 saturated heterocycles. The number of carbonyl (C=O) groups is 2. The lowest BCUT2D eigenvalue weighted by Crippen LogP contribution is -2.25. The molecule has 1 unspecified atom stereocenters. The molecule has 2 aromatic rings. The fourth-order valence-corrected chi connectivity index (χ4v) is 3.33. The molecular formula is C16H21N3O3S. The SMILES string of the molecule is CCOC(=O)c1c(NC(=O)C(C)n2nccc2C)sc(C)c1C. The molecule has 23 heavy (non-hydrogen) atoms. The van der Waals surface area contributed by atoms with Gasteiger partial charge in [-0.3, -0.25) is 9.48 Å². The summed E-state index contributed by atoms with van der Waals surface area (Å²) in [6, 6.07) is 1.37. The molecule has 0 aliphatic rings. The third-order valence-corrected chi connectivity index (χ3v) is 4.84. The Morgan fingerprint density at radius 1 is 1.39 bits per heavy atom.